The van der Waals surface area contributed by atoms with Crippen LogP contribution in [0.25, 0.3) is 10.9 Å². The number of carbonyl (C=O) groups is 2. The summed E-state index contributed by atoms with van der Waals surface area (Å²) < 4.78 is 1.26. The van der Waals surface area contributed by atoms with Crippen LogP contribution in [0.1, 0.15) is 36.0 Å². The third-order valence-corrected chi connectivity index (χ3v) is 6.00. The number of nitrogens with zero attached hydrogens (tertiary/aromatic N) is 1. The monoisotopic (exact) mass is 420 g/mol. The standard InChI is InChI=1S/C23H24N4O4/c24-20(28)16-5-1-3-7-18(16)25-21(29)15-11-9-14(10-12-15)13-27-22(30)17-6-2-4-8-19(17)26-23(27)31/h1-8,14-15H,9-13H2,(H2,24,28)(H,25,29)(H,26,31). The van der Waals surface area contributed by atoms with Gasteiger partial charge in [0.25, 0.3) is 11.5 Å². The van der Waals surface area contributed by atoms with E-state index in [1.165, 1.54) is 4.57 Å². The van der Waals surface area contributed by atoms with Gasteiger partial charge >= 0.3 is 5.69 Å². The molecule has 3 aromatic rings. The second-order valence-corrected chi connectivity index (χ2v) is 8.01. The second-order valence-electron chi connectivity index (χ2n) is 8.01. The fourth-order valence-corrected chi connectivity index (χ4v) is 4.27. The van der Waals surface area contributed by atoms with Gasteiger partial charge in [-0.3, -0.25) is 19.0 Å². The normalized spacial score (nSPS) is 18.6. The van der Waals surface area contributed by atoms with Crippen LogP contribution < -0.4 is 22.3 Å². The van der Waals surface area contributed by atoms with Crippen molar-refractivity contribution in [2.45, 2.75) is 32.2 Å². The molecule has 0 spiro atoms. The summed E-state index contributed by atoms with van der Waals surface area (Å²) in [7, 11) is 0. The Kier molecular flexibility index (Phi) is 5.70. The molecule has 31 heavy (non-hydrogen) atoms. The lowest BCUT2D eigenvalue weighted by molar-refractivity contribution is -0.121. The van der Waals surface area contributed by atoms with Crippen LogP contribution in [-0.4, -0.2) is 21.4 Å². The fourth-order valence-electron chi connectivity index (χ4n) is 4.27. The number of nitrogens with two attached hydrogens (primary N) is 1. The molecule has 1 aliphatic carbocycles. The van der Waals surface area contributed by atoms with E-state index in [1.54, 1.807) is 48.5 Å². The summed E-state index contributed by atoms with van der Waals surface area (Å²) in [5.74, 6) is -0.788. The number of nitrogens with one attached hydrogen (secondary N) is 2. The molecule has 2 aromatic carbocycles. The molecule has 0 radical (unpaired) electrons. The molecule has 8 heteroatoms. The molecule has 0 bridgehead atoms. The summed E-state index contributed by atoms with van der Waals surface area (Å²) in [5.41, 5.74) is 5.90. The average Bonchev–Trinajstić information content (AvgIpc) is 2.77. The van der Waals surface area contributed by atoms with E-state index in [9.17, 15) is 19.2 Å². The van der Waals surface area contributed by atoms with Crippen molar-refractivity contribution in [3.05, 3.63) is 74.9 Å². The number of aromatic nitrogens is 2. The number of primary amides is 1. The predicted molar refractivity (Wildman–Crippen MR) is 118 cm³/mol. The number of anilines is 1. The van der Waals surface area contributed by atoms with Crippen LogP contribution in [0.4, 0.5) is 5.69 Å². The first-order chi connectivity index (χ1) is 14.9. The second kappa shape index (κ2) is 8.59. The largest absolute Gasteiger partial charge is 0.366 e. The molecule has 1 aliphatic rings. The van der Waals surface area contributed by atoms with Crippen LogP contribution in [-0.2, 0) is 11.3 Å². The van der Waals surface area contributed by atoms with Gasteiger partial charge in [-0.25, -0.2) is 4.79 Å². The Balaban J connectivity index is 1.41. The number of hydrogen-bond donors (Lipinski definition) is 3. The smallest absolute Gasteiger partial charge is 0.328 e. The lowest BCUT2D eigenvalue weighted by Gasteiger charge is -2.28. The predicted octanol–water partition coefficient (Wildman–Crippen LogP) is 2.23. The number of hydrogen-bond acceptors (Lipinski definition) is 4. The molecule has 1 heterocycles. The Morgan fingerprint density at radius 3 is 2.42 bits per heavy atom. The number of para-hydroxylation sites is 2. The van der Waals surface area contributed by atoms with E-state index in [2.05, 4.69) is 10.3 Å². The van der Waals surface area contributed by atoms with E-state index in [0.717, 1.165) is 12.8 Å². The molecule has 160 valence electrons. The highest BCUT2D eigenvalue weighted by Crippen LogP contribution is 2.30. The van der Waals surface area contributed by atoms with Crippen LogP contribution in [0.5, 0.6) is 0 Å². The van der Waals surface area contributed by atoms with E-state index in [4.69, 9.17) is 5.73 Å². The number of benzene rings is 2. The molecule has 4 rings (SSSR count). The van der Waals surface area contributed by atoms with Gasteiger partial charge in [0, 0.05) is 12.5 Å². The van der Waals surface area contributed by atoms with Gasteiger partial charge in [0.05, 0.1) is 22.2 Å². The zero-order chi connectivity index (χ0) is 22.0. The van der Waals surface area contributed by atoms with Crippen LogP contribution >= 0.6 is 0 Å². The molecule has 8 nitrogen and oxygen atoms in total. The summed E-state index contributed by atoms with van der Waals surface area (Å²) in [6, 6.07) is 13.6. The van der Waals surface area contributed by atoms with Gasteiger partial charge in [0.1, 0.15) is 0 Å². The molecule has 0 unspecified atom stereocenters. The molecule has 2 amide bonds. The first-order valence-electron chi connectivity index (χ1n) is 10.4. The Labute approximate surface area is 178 Å². The number of aromatic amines is 1. The minimum absolute atomic E-state index is 0.141. The van der Waals surface area contributed by atoms with Crippen molar-refractivity contribution in [1.29, 1.82) is 0 Å². The van der Waals surface area contributed by atoms with Crippen molar-refractivity contribution < 1.29 is 9.59 Å². The SMILES string of the molecule is NC(=O)c1ccccc1NC(=O)C1CCC(Cn2c(=O)[nH]c3ccccc3c2=O)CC1. The van der Waals surface area contributed by atoms with Gasteiger partial charge in [-0.2, -0.15) is 0 Å². The number of rotatable bonds is 5. The van der Waals surface area contributed by atoms with Crippen molar-refractivity contribution in [3.63, 3.8) is 0 Å². The molecule has 1 aromatic heterocycles. The molecule has 0 atom stereocenters. The van der Waals surface area contributed by atoms with Crippen molar-refractivity contribution in [1.82, 2.24) is 9.55 Å². The summed E-state index contributed by atoms with van der Waals surface area (Å²) in [6.45, 7) is 0.331. The van der Waals surface area contributed by atoms with E-state index in [-0.39, 0.29) is 28.9 Å². The third kappa shape index (κ3) is 4.28. The zero-order valence-electron chi connectivity index (χ0n) is 17.0. The molecule has 1 saturated carbocycles. The molecule has 4 N–H and O–H groups in total. The highest BCUT2D eigenvalue weighted by Gasteiger charge is 2.28. The van der Waals surface area contributed by atoms with Gasteiger partial charge in [-0.05, 0) is 55.9 Å². The Morgan fingerprint density at radius 2 is 1.68 bits per heavy atom. The summed E-state index contributed by atoms with van der Waals surface area (Å²) in [6.07, 6.45) is 2.76. The van der Waals surface area contributed by atoms with Gasteiger partial charge in [-0.15, -0.1) is 0 Å². The number of carbonyl (C=O) groups excluding carboxylic acids is 2. The number of fused-ring (bicyclic) bond motifs is 1. The van der Waals surface area contributed by atoms with E-state index < -0.39 is 11.6 Å². The van der Waals surface area contributed by atoms with Crippen molar-refractivity contribution >= 4 is 28.4 Å². The molecule has 1 fully saturated rings. The Morgan fingerprint density at radius 1 is 1.00 bits per heavy atom. The quantitative estimate of drug-likeness (QED) is 0.585. The van der Waals surface area contributed by atoms with E-state index in [0.29, 0.717) is 36.0 Å². The third-order valence-electron chi connectivity index (χ3n) is 6.00. The topological polar surface area (TPSA) is 127 Å². The van der Waals surface area contributed by atoms with Gasteiger partial charge in [-0.1, -0.05) is 24.3 Å². The van der Waals surface area contributed by atoms with Crippen LogP contribution in [0.2, 0.25) is 0 Å². The maximum absolute atomic E-state index is 12.7. The lowest BCUT2D eigenvalue weighted by atomic mass is 9.81. The number of H-pyrrole nitrogens is 1. The van der Waals surface area contributed by atoms with Crippen molar-refractivity contribution in [2.24, 2.45) is 17.6 Å². The van der Waals surface area contributed by atoms with Crippen LogP contribution in [0.15, 0.2) is 58.1 Å². The van der Waals surface area contributed by atoms with Crippen molar-refractivity contribution in [2.75, 3.05) is 5.32 Å². The highest BCUT2D eigenvalue weighted by atomic mass is 16.2. The zero-order valence-corrected chi connectivity index (χ0v) is 17.0. The number of amides is 2. The van der Waals surface area contributed by atoms with Crippen LogP contribution in [0.3, 0.4) is 0 Å². The first-order valence-corrected chi connectivity index (χ1v) is 10.4. The summed E-state index contributed by atoms with van der Waals surface area (Å²) in [4.78, 5) is 52.1. The highest BCUT2D eigenvalue weighted by molar-refractivity contribution is 6.03. The molecular formula is C23H24N4O4. The van der Waals surface area contributed by atoms with Gasteiger partial charge < -0.3 is 16.0 Å². The maximum atomic E-state index is 12.7. The van der Waals surface area contributed by atoms with Gasteiger partial charge in [0.2, 0.25) is 5.91 Å². The minimum Gasteiger partial charge on any atom is -0.366 e. The van der Waals surface area contributed by atoms with Crippen molar-refractivity contribution in [3.8, 4) is 0 Å². The minimum atomic E-state index is -0.592. The van der Waals surface area contributed by atoms with E-state index >= 15 is 0 Å². The molecular weight excluding hydrogens is 396 g/mol. The Hall–Kier alpha value is -3.68. The lowest BCUT2D eigenvalue weighted by Crippen LogP contribution is -2.38. The average molecular weight is 420 g/mol. The summed E-state index contributed by atoms with van der Waals surface area (Å²) >= 11 is 0. The molecule has 0 saturated heterocycles. The van der Waals surface area contributed by atoms with Crippen LogP contribution in [0, 0.1) is 11.8 Å². The maximum Gasteiger partial charge on any atom is 0.328 e. The van der Waals surface area contributed by atoms with E-state index in [1.807, 2.05) is 0 Å². The molecule has 0 aliphatic heterocycles. The summed E-state index contributed by atoms with van der Waals surface area (Å²) in [5, 5.41) is 3.30. The first kappa shape index (κ1) is 20.6. The van der Waals surface area contributed by atoms with Gasteiger partial charge in [0.15, 0.2) is 0 Å². The fraction of sp³-hybridized carbons (Fsp3) is 0.304. The Bertz CT molecular complexity index is 1250.